The number of hydrogen-bond donors (Lipinski definition) is 2. The molecule has 0 fully saturated rings. The molecule has 0 aliphatic rings. The fourth-order valence-corrected chi connectivity index (χ4v) is 1.72. The summed E-state index contributed by atoms with van der Waals surface area (Å²) >= 11 is 0. The minimum Gasteiger partial charge on any atom is -0.462 e. The van der Waals surface area contributed by atoms with Gasteiger partial charge >= 0.3 is 23.3 Å². The third kappa shape index (κ3) is 4.53. The van der Waals surface area contributed by atoms with E-state index in [0.717, 1.165) is 30.6 Å². The van der Waals surface area contributed by atoms with E-state index in [1.807, 2.05) is 4.98 Å². The van der Waals surface area contributed by atoms with Crippen molar-refractivity contribution in [3.05, 3.63) is 56.6 Å². The largest absolute Gasteiger partial charge is 0.462 e. The predicted octanol–water partition coefficient (Wildman–Crippen LogP) is 1.71. The van der Waals surface area contributed by atoms with Gasteiger partial charge in [0.05, 0.1) is 16.8 Å². The highest BCUT2D eigenvalue weighted by molar-refractivity contribution is 5.91. The average molecular weight is 358 g/mol. The molecule has 1 aromatic carbocycles. The Labute approximate surface area is 136 Å². The number of carbonyl (C=O) groups is 1. The maximum absolute atomic E-state index is 12.4. The van der Waals surface area contributed by atoms with E-state index >= 15 is 0 Å². The van der Waals surface area contributed by atoms with Crippen LogP contribution in [0.25, 0.3) is 0 Å². The molecule has 0 aliphatic carbocycles. The van der Waals surface area contributed by atoms with Crippen molar-refractivity contribution in [2.45, 2.75) is 6.18 Å². The summed E-state index contributed by atoms with van der Waals surface area (Å²) in [6, 6.07) is 3.63. The summed E-state index contributed by atoms with van der Waals surface area (Å²) in [6.45, 7) is -0.738. The highest BCUT2D eigenvalue weighted by atomic mass is 19.4. The number of alkyl halides is 3. The van der Waals surface area contributed by atoms with E-state index in [-0.39, 0.29) is 5.69 Å². The van der Waals surface area contributed by atoms with E-state index in [1.165, 1.54) is 0 Å². The number of nitrogens with zero attached hydrogens (tertiary/aromatic N) is 2. The third-order valence-corrected chi connectivity index (χ3v) is 2.81. The van der Waals surface area contributed by atoms with E-state index in [9.17, 15) is 32.9 Å². The van der Waals surface area contributed by atoms with Crippen LogP contribution in [0.2, 0.25) is 0 Å². The molecule has 132 valence electrons. The zero-order chi connectivity index (χ0) is 18.6. The van der Waals surface area contributed by atoms with Crippen LogP contribution in [-0.4, -0.2) is 27.4 Å². The van der Waals surface area contributed by atoms with Gasteiger partial charge in [-0.3, -0.25) is 19.7 Å². The molecule has 0 atom stereocenters. The SMILES string of the molecule is O=C(COc1nc[nH]c(=O)c1[N+](=O)[O-])Nc1ccc(C(F)(F)F)cc1. The van der Waals surface area contributed by atoms with Crippen LogP contribution in [0.15, 0.2) is 35.4 Å². The second kappa shape index (κ2) is 6.98. The molecule has 0 radical (unpaired) electrons. The normalized spacial score (nSPS) is 11.0. The van der Waals surface area contributed by atoms with Crippen molar-refractivity contribution >= 4 is 17.3 Å². The molecular formula is C13H9F3N4O5. The summed E-state index contributed by atoms with van der Waals surface area (Å²) in [6.07, 6.45) is -3.64. The fourth-order valence-electron chi connectivity index (χ4n) is 1.72. The number of hydrogen-bond acceptors (Lipinski definition) is 6. The Hall–Kier alpha value is -3.44. The molecule has 0 aliphatic heterocycles. The Kier molecular flexibility index (Phi) is 5.00. The Morgan fingerprint density at radius 2 is 1.96 bits per heavy atom. The predicted molar refractivity (Wildman–Crippen MR) is 77.1 cm³/mol. The van der Waals surface area contributed by atoms with Crippen LogP contribution in [-0.2, 0) is 11.0 Å². The zero-order valence-corrected chi connectivity index (χ0v) is 12.2. The second-order valence-electron chi connectivity index (χ2n) is 4.55. The van der Waals surface area contributed by atoms with Gasteiger partial charge in [-0.1, -0.05) is 0 Å². The van der Waals surface area contributed by atoms with E-state index in [2.05, 4.69) is 10.3 Å². The van der Waals surface area contributed by atoms with E-state index < -0.39 is 46.3 Å². The first-order valence-corrected chi connectivity index (χ1v) is 6.50. The number of amides is 1. The van der Waals surface area contributed by atoms with Gasteiger partial charge < -0.3 is 15.0 Å². The van der Waals surface area contributed by atoms with Crippen LogP contribution >= 0.6 is 0 Å². The standard InChI is InChI=1S/C13H9F3N4O5/c14-13(15,16)7-1-3-8(4-2-7)19-9(21)5-25-12-10(20(23)24)11(22)17-6-18-12/h1-4,6H,5H2,(H,19,21)(H,17,18,22). The van der Waals surface area contributed by atoms with Crippen LogP contribution in [0, 0.1) is 10.1 Å². The number of carbonyl (C=O) groups excluding carboxylic acids is 1. The van der Waals surface area contributed by atoms with Crippen LogP contribution in [0.3, 0.4) is 0 Å². The molecule has 1 aromatic heterocycles. The minimum absolute atomic E-state index is 0.0648. The number of halogens is 3. The van der Waals surface area contributed by atoms with Crippen LogP contribution in [0.5, 0.6) is 5.88 Å². The fraction of sp³-hybridized carbons (Fsp3) is 0.154. The van der Waals surface area contributed by atoms with E-state index in [0.29, 0.717) is 0 Å². The topological polar surface area (TPSA) is 127 Å². The number of aromatic amines is 1. The lowest BCUT2D eigenvalue weighted by Crippen LogP contribution is -2.22. The molecule has 0 saturated carbocycles. The number of nitrogens with one attached hydrogen (secondary N) is 2. The van der Waals surface area contributed by atoms with Gasteiger partial charge in [-0.05, 0) is 24.3 Å². The molecule has 2 aromatic rings. The molecule has 2 N–H and O–H groups in total. The number of ether oxygens (including phenoxy) is 1. The van der Waals surface area contributed by atoms with Gasteiger partial charge in [0.1, 0.15) is 0 Å². The van der Waals surface area contributed by atoms with Crippen LogP contribution in [0.1, 0.15) is 5.56 Å². The maximum Gasteiger partial charge on any atom is 0.416 e. The molecule has 1 amide bonds. The lowest BCUT2D eigenvalue weighted by Gasteiger charge is -2.09. The molecule has 2 rings (SSSR count). The van der Waals surface area contributed by atoms with E-state index in [4.69, 9.17) is 4.74 Å². The van der Waals surface area contributed by atoms with E-state index in [1.54, 1.807) is 0 Å². The monoisotopic (exact) mass is 358 g/mol. The summed E-state index contributed by atoms with van der Waals surface area (Å²) < 4.78 is 42.1. The van der Waals surface area contributed by atoms with Gasteiger partial charge in [0.25, 0.3) is 5.91 Å². The average Bonchev–Trinajstić information content (AvgIpc) is 2.52. The van der Waals surface area contributed by atoms with Crippen molar-refractivity contribution in [3.63, 3.8) is 0 Å². The first kappa shape index (κ1) is 17.9. The second-order valence-corrected chi connectivity index (χ2v) is 4.55. The summed E-state index contributed by atoms with van der Waals surface area (Å²) in [7, 11) is 0. The Bertz CT molecular complexity index is 848. The van der Waals surface area contributed by atoms with Crippen molar-refractivity contribution in [2.24, 2.45) is 0 Å². The molecule has 25 heavy (non-hydrogen) atoms. The Morgan fingerprint density at radius 1 is 1.32 bits per heavy atom. The van der Waals surface area contributed by atoms with Crippen molar-refractivity contribution in [1.29, 1.82) is 0 Å². The maximum atomic E-state index is 12.4. The van der Waals surface area contributed by atoms with Gasteiger partial charge in [-0.2, -0.15) is 18.2 Å². The van der Waals surface area contributed by atoms with Crippen LogP contribution in [0.4, 0.5) is 24.5 Å². The molecule has 0 saturated heterocycles. The van der Waals surface area contributed by atoms with Gasteiger partial charge in [0.2, 0.25) is 0 Å². The number of aromatic nitrogens is 2. The summed E-state index contributed by atoms with van der Waals surface area (Å²) in [5.74, 6) is -1.47. The minimum atomic E-state index is -4.50. The Morgan fingerprint density at radius 3 is 2.52 bits per heavy atom. The molecule has 0 unspecified atom stereocenters. The first-order valence-electron chi connectivity index (χ1n) is 6.50. The van der Waals surface area contributed by atoms with Gasteiger partial charge in [0.15, 0.2) is 6.61 Å². The van der Waals surface area contributed by atoms with Crippen LogP contribution < -0.4 is 15.6 Å². The molecule has 12 heteroatoms. The zero-order valence-electron chi connectivity index (χ0n) is 12.2. The third-order valence-electron chi connectivity index (χ3n) is 2.81. The summed E-state index contributed by atoms with van der Waals surface area (Å²) in [4.78, 5) is 38.2. The van der Waals surface area contributed by atoms with Gasteiger partial charge in [-0.25, -0.2) is 0 Å². The number of nitro groups is 1. The van der Waals surface area contributed by atoms with Crippen molar-refractivity contribution in [1.82, 2.24) is 9.97 Å². The number of H-pyrrole nitrogens is 1. The van der Waals surface area contributed by atoms with Gasteiger partial charge in [0, 0.05) is 5.69 Å². The quantitative estimate of drug-likeness (QED) is 0.619. The summed E-state index contributed by atoms with van der Waals surface area (Å²) in [5, 5.41) is 13.0. The van der Waals surface area contributed by atoms with Crippen molar-refractivity contribution < 1.29 is 27.6 Å². The molecule has 1 heterocycles. The number of rotatable bonds is 5. The molecule has 0 spiro atoms. The number of anilines is 1. The highest BCUT2D eigenvalue weighted by Crippen LogP contribution is 2.29. The van der Waals surface area contributed by atoms with Crippen molar-refractivity contribution in [3.8, 4) is 5.88 Å². The molecular weight excluding hydrogens is 349 g/mol. The lowest BCUT2D eigenvalue weighted by molar-refractivity contribution is -0.387. The Balaban J connectivity index is 2.01. The number of benzene rings is 1. The first-order chi connectivity index (χ1) is 11.7. The van der Waals surface area contributed by atoms with Crippen molar-refractivity contribution in [2.75, 3.05) is 11.9 Å². The summed E-state index contributed by atoms with van der Waals surface area (Å²) in [5.41, 5.74) is -2.84. The molecule has 0 bridgehead atoms. The van der Waals surface area contributed by atoms with Gasteiger partial charge in [-0.15, -0.1) is 0 Å². The lowest BCUT2D eigenvalue weighted by atomic mass is 10.2. The highest BCUT2D eigenvalue weighted by Gasteiger charge is 2.30. The molecule has 9 nitrogen and oxygen atoms in total. The smallest absolute Gasteiger partial charge is 0.416 e.